The molecule has 102 valence electrons. The lowest BCUT2D eigenvalue weighted by Gasteiger charge is -2.23. The van der Waals surface area contributed by atoms with E-state index in [4.69, 9.17) is 4.74 Å². The van der Waals surface area contributed by atoms with Crippen LogP contribution in [0.4, 0.5) is 0 Å². The summed E-state index contributed by atoms with van der Waals surface area (Å²) in [5.41, 5.74) is 0.922. The van der Waals surface area contributed by atoms with Crippen molar-refractivity contribution in [1.29, 1.82) is 0 Å². The molecule has 0 N–H and O–H groups in total. The van der Waals surface area contributed by atoms with Crippen molar-refractivity contribution in [3.8, 4) is 5.75 Å². The maximum Gasteiger partial charge on any atom is 0.246 e. The number of ether oxygens (including phenoxy) is 1. The van der Waals surface area contributed by atoms with Gasteiger partial charge in [0.25, 0.3) is 0 Å². The van der Waals surface area contributed by atoms with E-state index in [0.29, 0.717) is 12.0 Å². The van der Waals surface area contributed by atoms with Crippen molar-refractivity contribution in [2.45, 2.75) is 25.8 Å². The molecule has 1 amide bonds. The van der Waals surface area contributed by atoms with E-state index in [2.05, 4.69) is 6.92 Å². The Balaban J connectivity index is 2.02. The van der Waals surface area contributed by atoms with Crippen LogP contribution in [-0.4, -0.2) is 31.0 Å². The van der Waals surface area contributed by atoms with Gasteiger partial charge in [-0.1, -0.05) is 18.2 Å². The molecule has 1 saturated carbocycles. The van der Waals surface area contributed by atoms with Gasteiger partial charge in [-0.2, -0.15) is 0 Å². The van der Waals surface area contributed by atoms with Crippen molar-refractivity contribution in [2.24, 2.45) is 5.92 Å². The first-order valence-corrected chi connectivity index (χ1v) is 6.71. The average Bonchev–Trinajstić information content (AvgIpc) is 3.27. The van der Waals surface area contributed by atoms with Crippen LogP contribution in [0.15, 0.2) is 30.3 Å². The summed E-state index contributed by atoms with van der Waals surface area (Å²) in [6, 6.07) is 8.01. The Hall–Kier alpha value is -1.77. The van der Waals surface area contributed by atoms with E-state index in [9.17, 15) is 4.79 Å². The fraction of sp³-hybridized carbons (Fsp3) is 0.438. The molecule has 3 heteroatoms. The summed E-state index contributed by atoms with van der Waals surface area (Å²) >= 11 is 0. The molecular formula is C16H21NO2. The summed E-state index contributed by atoms with van der Waals surface area (Å²) in [4.78, 5) is 13.9. The third-order valence-electron chi connectivity index (χ3n) is 3.81. The highest BCUT2D eigenvalue weighted by atomic mass is 16.5. The molecular weight excluding hydrogens is 238 g/mol. The summed E-state index contributed by atoms with van der Waals surface area (Å²) in [5, 5.41) is 0. The Kier molecular flexibility index (Phi) is 4.25. The second-order valence-corrected chi connectivity index (χ2v) is 5.10. The number of carbonyl (C=O) groups excluding carboxylic acids is 1. The summed E-state index contributed by atoms with van der Waals surface area (Å²) in [6.07, 6.45) is 5.93. The van der Waals surface area contributed by atoms with Gasteiger partial charge >= 0.3 is 0 Å². The maximum atomic E-state index is 12.1. The Bertz CT molecular complexity index is 477. The first kappa shape index (κ1) is 13.7. The third kappa shape index (κ3) is 3.37. The predicted octanol–water partition coefficient (Wildman–Crippen LogP) is 2.97. The zero-order valence-electron chi connectivity index (χ0n) is 11.8. The van der Waals surface area contributed by atoms with Crippen molar-refractivity contribution in [3.05, 3.63) is 35.9 Å². The molecule has 1 aliphatic carbocycles. The van der Waals surface area contributed by atoms with E-state index in [-0.39, 0.29) is 5.91 Å². The Morgan fingerprint density at radius 1 is 1.42 bits per heavy atom. The largest absolute Gasteiger partial charge is 0.496 e. The Morgan fingerprint density at radius 2 is 2.11 bits per heavy atom. The normalized spacial score (nSPS) is 16.4. The highest BCUT2D eigenvalue weighted by Gasteiger charge is 2.31. The van der Waals surface area contributed by atoms with Gasteiger partial charge in [-0.3, -0.25) is 4.79 Å². The molecule has 0 heterocycles. The number of likely N-dealkylation sites (N-methyl/N-ethyl adjacent to an activating group) is 1. The third-order valence-corrected chi connectivity index (χ3v) is 3.81. The van der Waals surface area contributed by atoms with E-state index in [1.807, 2.05) is 42.3 Å². The average molecular weight is 259 g/mol. The first-order chi connectivity index (χ1) is 9.13. The summed E-state index contributed by atoms with van der Waals surface area (Å²) in [5.74, 6) is 1.52. The Labute approximate surface area is 114 Å². The van der Waals surface area contributed by atoms with Crippen molar-refractivity contribution >= 4 is 12.0 Å². The summed E-state index contributed by atoms with van der Waals surface area (Å²) in [6.45, 7) is 2.12. The number of benzene rings is 1. The molecule has 1 unspecified atom stereocenters. The van der Waals surface area contributed by atoms with Crippen LogP contribution < -0.4 is 4.74 Å². The number of carbonyl (C=O) groups is 1. The zero-order valence-corrected chi connectivity index (χ0v) is 11.8. The molecule has 0 bridgehead atoms. The number of methoxy groups -OCH3 is 1. The minimum absolute atomic E-state index is 0.0466. The van der Waals surface area contributed by atoms with Gasteiger partial charge in [0, 0.05) is 24.7 Å². The lowest BCUT2D eigenvalue weighted by atomic mass is 10.1. The van der Waals surface area contributed by atoms with Gasteiger partial charge < -0.3 is 9.64 Å². The SMILES string of the molecule is COc1ccccc1/C=C/C(=O)N(C)C(C)C1CC1. The van der Waals surface area contributed by atoms with Crippen LogP contribution in [0, 0.1) is 5.92 Å². The minimum Gasteiger partial charge on any atom is -0.496 e. The van der Waals surface area contributed by atoms with Crippen LogP contribution in [0.5, 0.6) is 5.75 Å². The maximum absolute atomic E-state index is 12.1. The van der Waals surface area contributed by atoms with Crippen LogP contribution in [-0.2, 0) is 4.79 Å². The number of amides is 1. The number of rotatable bonds is 5. The number of para-hydroxylation sites is 1. The second-order valence-electron chi connectivity index (χ2n) is 5.10. The first-order valence-electron chi connectivity index (χ1n) is 6.71. The molecule has 1 aromatic rings. The Morgan fingerprint density at radius 3 is 2.74 bits per heavy atom. The monoisotopic (exact) mass is 259 g/mol. The molecule has 19 heavy (non-hydrogen) atoms. The van der Waals surface area contributed by atoms with Gasteiger partial charge in [-0.05, 0) is 37.8 Å². The number of hydrogen-bond donors (Lipinski definition) is 0. The summed E-state index contributed by atoms with van der Waals surface area (Å²) in [7, 11) is 3.51. The van der Waals surface area contributed by atoms with Crippen LogP contribution in [0.3, 0.4) is 0 Å². The van der Waals surface area contributed by atoms with E-state index < -0.39 is 0 Å². The van der Waals surface area contributed by atoms with Gasteiger partial charge in [0.2, 0.25) is 5.91 Å². The lowest BCUT2D eigenvalue weighted by Crippen LogP contribution is -2.35. The molecule has 0 spiro atoms. The number of nitrogens with zero attached hydrogens (tertiary/aromatic N) is 1. The number of hydrogen-bond acceptors (Lipinski definition) is 2. The molecule has 3 nitrogen and oxygen atoms in total. The lowest BCUT2D eigenvalue weighted by molar-refractivity contribution is -0.126. The molecule has 2 rings (SSSR count). The van der Waals surface area contributed by atoms with E-state index in [1.54, 1.807) is 13.2 Å². The highest BCUT2D eigenvalue weighted by Crippen LogP contribution is 2.34. The molecule has 1 aromatic carbocycles. The van der Waals surface area contributed by atoms with Crippen molar-refractivity contribution in [3.63, 3.8) is 0 Å². The van der Waals surface area contributed by atoms with Gasteiger partial charge in [-0.15, -0.1) is 0 Å². The summed E-state index contributed by atoms with van der Waals surface area (Å²) < 4.78 is 5.26. The molecule has 0 aromatic heterocycles. The van der Waals surface area contributed by atoms with Gasteiger partial charge in [0.1, 0.15) is 5.75 Å². The van der Waals surface area contributed by atoms with E-state index in [0.717, 1.165) is 11.3 Å². The molecule has 1 atom stereocenters. The van der Waals surface area contributed by atoms with Crippen LogP contribution in [0.25, 0.3) is 6.08 Å². The van der Waals surface area contributed by atoms with Crippen molar-refractivity contribution < 1.29 is 9.53 Å². The molecule has 0 aliphatic heterocycles. The molecule has 0 radical (unpaired) electrons. The molecule has 0 saturated heterocycles. The minimum atomic E-state index is 0.0466. The van der Waals surface area contributed by atoms with Crippen LogP contribution >= 0.6 is 0 Å². The topological polar surface area (TPSA) is 29.5 Å². The second kappa shape index (κ2) is 5.91. The molecule has 1 fully saturated rings. The van der Waals surface area contributed by atoms with Crippen LogP contribution in [0.1, 0.15) is 25.3 Å². The van der Waals surface area contributed by atoms with Crippen molar-refractivity contribution in [1.82, 2.24) is 4.90 Å². The smallest absolute Gasteiger partial charge is 0.246 e. The van der Waals surface area contributed by atoms with Crippen molar-refractivity contribution in [2.75, 3.05) is 14.2 Å². The fourth-order valence-corrected chi connectivity index (χ4v) is 2.18. The highest BCUT2D eigenvalue weighted by molar-refractivity contribution is 5.92. The molecule has 1 aliphatic rings. The van der Waals surface area contributed by atoms with Gasteiger partial charge in [-0.25, -0.2) is 0 Å². The predicted molar refractivity (Wildman–Crippen MR) is 77.0 cm³/mol. The van der Waals surface area contributed by atoms with E-state index >= 15 is 0 Å². The van der Waals surface area contributed by atoms with Gasteiger partial charge in [0.05, 0.1) is 7.11 Å². The zero-order chi connectivity index (χ0) is 13.8. The fourth-order valence-electron chi connectivity index (χ4n) is 2.18. The quantitative estimate of drug-likeness (QED) is 0.761. The van der Waals surface area contributed by atoms with E-state index in [1.165, 1.54) is 12.8 Å². The standard InChI is InChI=1S/C16H21NO2/c1-12(13-8-9-13)17(2)16(18)11-10-14-6-4-5-7-15(14)19-3/h4-7,10-13H,8-9H2,1-3H3/b11-10+. The van der Waals surface area contributed by atoms with Gasteiger partial charge in [0.15, 0.2) is 0 Å². The van der Waals surface area contributed by atoms with Crippen LogP contribution in [0.2, 0.25) is 0 Å².